The number of carbonyl (C=O) groups excluding carboxylic acids is 1. The number of nitriles is 1. The lowest BCUT2D eigenvalue weighted by molar-refractivity contribution is -0.137. The molecule has 0 spiro atoms. The fourth-order valence-electron chi connectivity index (χ4n) is 3.87. The first-order valence-corrected chi connectivity index (χ1v) is 9.09. The van der Waals surface area contributed by atoms with Crippen molar-refractivity contribution in [3.05, 3.63) is 29.8 Å². The normalized spacial score (nSPS) is 21.8. The second kappa shape index (κ2) is 8.32. The van der Waals surface area contributed by atoms with Crippen LogP contribution in [0, 0.1) is 17.2 Å². The number of piperidine rings is 1. The topological polar surface area (TPSA) is 70.8 Å². The van der Waals surface area contributed by atoms with E-state index >= 15 is 0 Å². The molecule has 0 radical (unpaired) electrons. The molecule has 2 saturated heterocycles. The van der Waals surface area contributed by atoms with Crippen LogP contribution < -0.4 is 4.90 Å². The summed E-state index contributed by atoms with van der Waals surface area (Å²) in [5.41, 5.74) is 1.65. The highest BCUT2D eigenvalue weighted by atomic mass is 16.3. The smallest absolute Gasteiger partial charge is 0.227 e. The van der Waals surface area contributed by atoms with Crippen molar-refractivity contribution in [1.29, 1.82) is 5.26 Å². The van der Waals surface area contributed by atoms with E-state index < -0.39 is 0 Å². The molecular formula is C19H26N4O2. The van der Waals surface area contributed by atoms with Crippen molar-refractivity contribution in [2.75, 3.05) is 57.3 Å². The largest absolute Gasteiger partial charge is 0.395 e. The van der Waals surface area contributed by atoms with Crippen molar-refractivity contribution in [1.82, 2.24) is 9.80 Å². The van der Waals surface area contributed by atoms with Gasteiger partial charge in [-0.15, -0.1) is 0 Å². The number of hydrogen-bond acceptors (Lipinski definition) is 5. The molecular weight excluding hydrogens is 316 g/mol. The molecule has 2 aliphatic rings. The zero-order chi connectivity index (χ0) is 17.6. The number of carbonyl (C=O) groups is 1. The Morgan fingerprint density at radius 1 is 1.20 bits per heavy atom. The Bertz CT molecular complexity index is 633. The zero-order valence-electron chi connectivity index (χ0n) is 14.6. The van der Waals surface area contributed by atoms with E-state index in [1.807, 2.05) is 29.2 Å². The minimum atomic E-state index is 0.0539. The first kappa shape index (κ1) is 17.7. The number of hydrogen-bond donors (Lipinski definition) is 1. The second-order valence-corrected chi connectivity index (χ2v) is 6.80. The van der Waals surface area contributed by atoms with E-state index in [0.29, 0.717) is 25.2 Å². The number of piperazine rings is 1. The number of para-hydroxylation sites is 1. The minimum absolute atomic E-state index is 0.0539. The Balaban J connectivity index is 1.57. The van der Waals surface area contributed by atoms with Crippen molar-refractivity contribution >= 4 is 11.6 Å². The Hall–Kier alpha value is -2.10. The van der Waals surface area contributed by atoms with Gasteiger partial charge in [0.1, 0.15) is 6.07 Å². The highest BCUT2D eigenvalue weighted by molar-refractivity contribution is 5.79. The van der Waals surface area contributed by atoms with Crippen LogP contribution in [0.3, 0.4) is 0 Å². The van der Waals surface area contributed by atoms with Crippen molar-refractivity contribution in [2.45, 2.75) is 12.8 Å². The average Bonchev–Trinajstić information content (AvgIpc) is 2.68. The SMILES string of the molecule is N#Cc1ccccc1N1CCN(C(=O)C2CCCN(CCO)C2)CC1. The summed E-state index contributed by atoms with van der Waals surface area (Å²) >= 11 is 0. The van der Waals surface area contributed by atoms with Crippen LogP contribution in [0.1, 0.15) is 18.4 Å². The standard InChI is InChI=1S/C19H26N4O2/c20-14-16-4-1-2-6-18(16)22-8-10-23(11-9-22)19(25)17-5-3-7-21(15-17)12-13-24/h1-2,4,6,17,24H,3,5,7-13,15H2. The van der Waals surface area contributed by atoms with Gasteiger partial charge in [-0.25, -0.2) is 0 Å². The van der Waals surface area contributed by atoms with Gasteiger partial charge < -0.3 is 19.8 Å². The molecule has 0 aromatic heterocycles. The maximum Gasteiger partial charge on any atom is 0.227 e. The van der Waals surface area contributed by atoms with Crippen molar-refractivity contribution in [3.63, 3.8) is 0 Å². The Morgan fingerprint density at radius 3 is 2.68 bits per heavy atom. The summed E-state index contributed by atoms with van der Waals surface area (Å²) in [4.78, 5) is 19.2. The molecule has 1 amide bonds. The molecule has 6 nitrogen and oxygen atoms in total. The number of aliphatic hydroxyl groups is 1. The molecule has 3 rings (SSSR count). The maximum atomic E-state index is 12.8. The van der Waals surface area contributed by atoms with Gasteiger partial charge in [0.15, 0.2) is 0 Å². The fraction of sp³-hybridized carbons (Fsp3) is 0.579. The Morgan fingerprint density at radius 2 is 1.96 bits per heavy atom. The summed E-state index contributed by atoms with van der Waals surface area (Å²) in [6.07, 6.45) is 1.96. The summed E-state index contributed by atoms with van der Waals surface area (Å²) in [7, 11) is 0. The summed E-state index contributed by atoms with van der Waals surface area (Å²) in [5, 5.41) is 18.4. The van der Waals surface area contributed by atoms with E-state index in [2.05, 4.69) is 15.9 Å². The minimum Gasteiger partial charge on any atom is -0.395 e. The van der Waals surface area contributed by atoms with Crippen LogP contribution in [0.25, 0.3) is 0 Å². The van der Waals surface area contributed by atoms with Gasteiger partial charge in [0.25, 0.3) is 0 Å². The van der Waals surface area contributed by atoms with Gasteiger partial charge in [0.2, 0.25) is 5.91 Å². The number of anilines is 1. The van der Waals surface area contributed by atoms with Gasteiger partial charge in [-0.1, -0.05) is 12.1 Å². The summed E-state index contributed by atoms with van der Waals surface area (Å²) in [6.45, 7) is 5.47. The van der Waals surface area contributed by atoms with Crippen molar-refractivity contribution in [3.8, 4) is 6.07 Å². The number of β-amino-alcohol motifs (C(OH)–C–C–N with tert-alkyl or cyclic N) is 1. The van der Waals surface area contributed by atoms with Gasteiger partial charge in [0.05, 0.1) is 23.8 Å². The molecule has 2 heterocycles. The number of aliphatic hydroxyl groups excluding tert-OH is 1. The van der Waals surface area contributed by atoms with Crippen LogP contribution in [0.2, 0.25) is 0 Å². The Kier molecular flexibility index (Phi) is 5.90. The molecule has 1 unspecified atom stereocenters. The van der Waals surface area contributed by atoms with Crippen LogP contribution in [-0.4, -0.2) is 73.2 Å². The van der Waals surface area contributed by atoms with E-state index in [4.69, 9.17) is 5.11 Å². The molecule has 25 heavy (non-hydrogen) atoms. The third-order valence-electron chi connectivity index (χ3n) is 5.23. The van der Waals surface area contributed by atoms with E-state index in [1.54, 1.807) is 0 Å². The number of nitrogens with zero attached hydrogens (tertiary/aromatic N) is 4. The van der Waals surface area contributed by atoms with E-state index in [0.717, 1.165) is 44.7 Å². The number of benzene rings is 1. The molecule has 0 bridgehead atoms. The number of likely N-dealkylation sites (tertiary alicyclic amines) is 1. The summed E-state index contributed by atoms with van der Waals surface area (Å²) < 4.78 is 0. The van der Waals surface area contributed by atoms with Crippen LogP contribution in [0.5, 0.6) is 0 Å². The van der Waals surface area contributed by atoms with Crippen molar-refractivity contribution in [2.24, 2.45) is 5.92 Å². The lowest BCUT2D eigenvalue weighted by Gasteiger charge is -2.39. The molecule has 134 valence electrons. The number of amides is 1. The quantitative estimate of drug-likeness (QED) is 0.881. The average molecular weight is 342 g/mol. The van der Waals surface area contributed by atoms with E-state index in [-0.39, 0.29) is 18.4 Å². The second-order valence-electron chi connectivity index (χ2n) is 6.80. The zero-order valence-corrected chi connectivity index (χ0v) is 14.6. The Labute approximate surface area is 149 Å². The lowest BCUT2D eigenvalue weighted by Crippen LogP contribution is -2.52. The molecule has 1 aromatic rings. The third kappa shape index (κ3) is 4.12. The van der Waals surface area contributed by atoms with Gasteiger partial charge in [0, 0.05) is 39.3 Å². The predicted molar refractivity (Wildman–Crippen MR) is 96.2 cm³/mol. The lowest BCUT2D eigenvalue weighted by atomic mass is 9.96. The molecule has 1 N–H and O–H groups in total. The maximum absolute atomic E-state index is 12.8. The van der Waals surface area contributed by atoms with E-state index in [9.17, 15) is 10.1 Å². The van der Waals surface area contributed by atoms with E-state index in [1.165, 1.54) is 0 Å². The third-order valence-corrected chi connectivity index (χ3v) is 5.23. The van der Waals surface area contributed by atoms with Crippen LogP contribution in [0.15, 0.2) is 24.3 Å². The number of rotatable bonds is 4. The van der Waals surface area contributed by atoms with Gasteiger partial charge >= 0.3 is 0 Å². The highest BCUT2D eigenvalue weighted by Crippen LogP contribution is 2.23. The van der Waals surface area contributed by atoms with Crippen molar-refractivity contribution < 1.29 is 9.90 Å². The molecule has 6 heteroatoms. The van der Waals surface area contributed by atoms with Crippen LogP contribution in [0.4, 0.5) is 5.69 Å². The molecule has 0 aliphatic carbocycles. The van der Waals surface area contributed by atoms with Crippen LogP contribution in [-0.2, 0) is 4.79 Å². The summed E-state index contributed by atoms with van der Waals surface area (Å²) in [6, 6.07) is 9.89. The van der Waals surface area contributed by atoms with Gasteiger partial charge in [-0.2, -0.15) is 5.26 Å². The first-order chi connectivity index (χ1) is 12.2. The fourth-order valence-corrected chi connectivity index (χ4v) is 3.87. The monoisotopic (exact) mass is 342 g/mol. The predicted octanol–water partition coefficient (Wildman–Crippen LogP) is 0.911. The molecule has 2 fully saturated rings. The van der Waals surface area contributed by atoms with Crippen LogP contribution >= 0.6 is 0 Å². The molecule has 1 aromatic carbocycles. The summed E-state index contributed by atoms with van der Waals surface area (Å²) in [5.74, 6) is 0.300. The first-order valence-electron chi connectivity index (χ1n) is 9.09. The highest BCUT2D eigenvalue weighted by Gasteiger charge is 2.31. The molecule has 1 atom stereocenters. The van der Waals surface area contributed by atoms with Gasteiger partial charge in [-0.05, 0) is 31.5 Å². The van der Waals surface area contributed by atoms with Gasteiger partial charge in [-0.3, -0.25) is 4.79 Å². The molecule has 2 aliphatic heterocycles. The molecule has 0 saturated carbocycles.